The van der Waals surface area contributed by atoms with Crippen LogP contribution in [0.15, 0.2) is 60.9 Å². The van der Waals surface area contributed by atoms with Crippen LogP contribution in [0.25, 0.3) is 11.3 Å². The van der Waals surface area contributed by atoms with Crippen LogP contribution in [0.4, 0.5) is 8.78 Å². The van der Waals surface area contributed by atoms with Gasteiger partial charge in [-0.2, -0.15) is 0 Å². The van der Waals surface area contributed by atoms with Gasteiger partial charge in [-0.25, -0.2) is 8.78 Å². The molecule has 1 aliphatic rings. The normalized spacial score (nSPS) is 16.3. The number of nitrogens with zero attached hydrogens (tertiary/aromatic N) is 3. The quantitative estimate of drug-likeness (QED) is 0.634. The smallest absolute Gasteiger partial charge is 0.260 e. The van der Waals surface area contributed by atoms with E-state index in [1.165, 1.54) is 36.4 Å². The Hall–Kier alpha value is -3.35. The van der Waals surface area contributed by atoms with E-state index in [1.807, 2.05) is 0 Å². The first-order chi connectivity index (χ1) is 14.6. The minimum absolute atomic E-state index is 0.000452. The third kappa shape index (κ3) is 4.62. The van der Waals surface area contributed by atoms with Crippen molar-refractivity contribution in [1.82, 2.24) is 14.9 Å². The van der Waals surface area contributed by atoms with E-state index in [4.69, 9.17) is 4.74 Å². The van der Waals surface area contributed by atoms with Gasteiger partial charge in [0.1, 0.15) is 17.4 Å². The van der Waals surface area contributed by atoms with E-state index in [0.717, 1.165) is 18.5 Å². The second-order valence-corrected chi connectivity index (χ2v) is 7.22. The summed E-state index contributed by atoms with van der Waals surface area (Å²) in [6.45, 7) is 1.01. The first-order valence-electron chi connectivity index (χ1n) is 9.83. The van der Waals surface area contributed by atoms with E-state index in [2.05, 4.69) is 9.97 Å². The predicted octanol–water partition coefficient (Wildman–Crippen LogP) is 4.21. The molecule has 2 aromatic carbocycles. The molecule has 154 valence electrons. The number of benzene rings is 2. The van der Waals surface area contributed by atoms with Crippen molar-refractivity contribution in [3.8, 4) is 17.0 Å². The van der Waals surface area contributed by atoms with Crippen LogP contribution in [0, 0.1) is 11.6 Å². The molecule has 7 heteroatoms. The summed E-state index contributed by atoms with van der Waals surface area (Å²) in [6, 6.07) is 11.8. The Kier molecular flexibility index (Phi) is 5.97. The lowest BCUT2D eigenvalue weighted by Crippen LogP contribution is -2.41. The summed E-state index contributed by atoms with van der Waals surface area (Å²) in [6.07, 6.45) is 4.90. The van der Waals surface area contributed by atoms with Crippen molar-refractivity contribution in [2.24, 2.45) is 0 Å². The number of piperidine rings is 1. The molecular formula is C23H21F2N3O2. The molecule has 0 spiro atoms. The second-order valence-electron chi connectivity index (χ2n) is 7.22. The first-order valence-corrected chi connectivity index (χ1v) is 9.83. The van der Waals surface area contributed by atoms with Crippen molar-refractivity contribution in [3.05, 3.63) is 78.3 Å². The Morgan fingerprint density at radius 1 is 1.07 bits per heavy atom. The Morgan fingerprint density at radius 2 is 1.87 bits per heavy atom. The van der Waals surface area contributed by atoms with Gasteiger partial charge in [0, 0.05) is 37.0 Å². The molecule has 3 aromatic rings. The largest absolute Gasteiger partial charge is 0.484 e. The number of likely N-dealkylation sites (tertiary alicyclic amines) is 1. The highest BCUT2D eigenvalue weighted by molar-refractivity contribution is 5.78. The van der Waals surface area contributed by atoms with Crippen molar-refractivity contribution in [1.29, 1.82) is 0 Å². The molecule has 5 nitrogen and oxygen atoms in total. The fraction of sp³-hybridized carbons (Fsp3) is 0.261. The molecule has 0 radical (unpaired) electrons. The molecule has 0 bridgehead atoms. The number of amides is 1. The van der Waals surface area contributed by atoms with Gasteiger partial charge < -0.3 is 9.64 Å². The summed E-state index contributed by atoms with van der Waals surface area (Å²) in [5.41, 5.74) is 2.07. The van der Waals surface area contributed by atoms with Crippen molar-refractivity contribution >= 4 is 5.91 Å². The Balaban J connectivity index is 1.46. The van der Waals surface area contributed by atoms with Crippen LogP contribution in [-0.2, 0) is 4.79 Å². The van der Waals surface area contributed by atoms with Crippen LogP contribution < -0.4 is 4.74 Å². The summed E-state index contributed by atoms with van der Waals surface area (Å²) < 4.78 is 32.2. The Morgan fingerprint density at radius 3 is 2.67 bits per heavy atom. The number of hydrogen-bond donors (Lipinski definition) is 0. The minimum Gasteiger partial charge on any atom is -0.484 e. The summed E-state index contributed by atoms with van der Waals surface area (Å²) in [5, 5.41) is 0. The Labute approximate surface area is 173 Å². The molecule has 1 amide bonds. The fourth-order valence-corrected chi connectivity index (χ4v) is 3.70. The van der Waals surface area contributed by atoms with E-state index in [1.54, 1.807) is 29.4 Å². The van der Waals surface area contributed by atoms with Crippen molar-refractivity contribution in [3.63, 3.8) is 0 Å². The monoisotopic (exact) mass is 409 g/mol. The molecule has 1 aliphatic heterocycles. The van der Waals surface area contributed by atoms with Crippen LogP contribution in [0.5, 0.6) is 5.75 Å². The fourth-order valence-electron chi connectivity index (χ4n) is 3.70. The van der Waals surface area contributed by atoms with Crippen molar-refractivity contribution < 1.29 is 18.3 Å². The third-order valence-electron chi connectivity index (χ3n) is 5.16. The van der Waals surface area contributed by atoms with Crippen molar-refractivity contribution in [2.45, 2.75) is 18.8 Å². The molecule has 0 aliphatic carbocycles. The van der Waals surface area contributed by atoms with E-state index in [0.29, 0.717) is 30.1 Å². The molecule has 0 N–H and O–H groups in total. The van der Waals surface area contributed by atoms with Crippen molar-refractivity contribution in [2.75, 3.05) is 19.7 Å². The molecule has 30 heavy (non-hydrogen) atoms. The standard InChI is InChI=1S/C23H21F2N3O2/c24-18-6-8-20(9-7-18)30-15-21(29)28-12-2-4-17(14-28)23-22(26-10-11-27-23)16-3-1-5-19(25)13-16/h1,3,5-11,13,17H,2,4,12,14-15H2/t17-/m0/s1. The number of ether oxygens (including phenoxy) is 1. The zero-order valence-corrected chi connectivity index (χ0v) is 16.3. The van der Waals surface area contributed by atoms with Gasteiger partial charge in [-0.3, -0.25) is 14.8 Å². The summed E-state index contributed by atoms with van der Waals surface area (Å²) in [7, 11) is 0. The topological polar surface area (TPSA) is 55.3 Å². The van der Waals surface area contributed by atoms with Crippen LogP contribution in [0.3, 0.4) is 0 Å². The number of carbonyl (C=O) groups excluding carboxylic acids is 1. The maximum absolute atomic E-state index is 13.7. The predicted molar refractivity (Wildman–Crippen MR) is 108 cm³/mol. The molecule has 1 saturated heterocycles. The van der Waals surface area contributed by atoms with Gasteiger partial charge in [-0.1, -0.05) is 12.1 Å². The molecule has 1 atom stereocenters. The molecular weight excluding hydrogens is 388 g/mol. The first kappa shape index (κ1) is 19.9. The van der Waals surface area contributed by atoms with E-state index in [-0.39, 0.29) is 30.1 Å². The number of halogens is 2. The van der Waals surface area contributed by atoms with Gasteiger partial charge in [-0.15, -0.1) is 0 Å². The van der Waals surface area contributed by atoms with Gasteiger partial charge >= 0.3 is 0 Å². The maximum atomic E-state index is 13.7. The molecule has 1 aromatic heterocycles. The molecule has 1 fully saturated rings. The maximum Gasteiger partial charge on any atom is 0.260 e. The molecule has 0 saturated carbocycles. The van der Waals surface area contributed by atoms with E-state index < -0.39 is 0 Å². The average molecular weight is 409 g/mol. The Bertz CT molecular complexity index is 1030. The molecule has 4 rings (SSSR count). The van der Waals surface area contributed by atoms with Gasteiger partial charge in [0.25, 0.3) is 5.91 Å². The van der Waals surface area contributed by atoms with E-state index >= 15 is 0 Å². The van der Waals surface area contributed by atoms with Gasteiger partial charge in [-0.05, 0) is 49.2 Å². The SMILES string of the molecule is O=C(COc1ccc(F)cc1)N1CCC[C@H](c2nccnc2-c2cccc(F)c2)C1. The third-order valence-corrected chi connectivity index (χ3v) is 5.16. The van der Waals surface area contributed by atoms with E-state index in [9.17, 15) is 13.6 Å². The van der Waals surface area contributed by atoms with Crippen LogP contribution >= 0.6 is 0 Å². The zero-order chi connectivity index (χ0) is 20.9. The summed E-state index contributed by atoms with van der Waals surface area (Å²) in [4.78, 5) is 23.4. The number of carbonyl (C=O) groups is 1. The number of rotatable bonds is 5. The van der Waals surface area contributed by atoms with Crippen LogP contribution in [-0.4, -0.2) is 40.5 Å². The van der Waals surface area contributed by atoms with Crippen LogP contribution in [0.1, 0.15) is 24.5 Å². The number of hydrogen-bond acceptors (Lipinski definition) is 4. The highest BCUT2D eigenvalue weighted by atomic mass is 19.1. The summed E-state index contributed by atoms with van der Waals surface area (Å²) in [5.74, 6) is -0.380. The minimum atomic E-state index is -0.356. The molecule has 0 unspecified atom stereocenters. The zero-order valence-electron chi connectivity index (χ0n) is 16.3. The molecule has 2 heterocycles. The van der Waals surface area contributed by atoms with Crippen LogP contribution in [0.2, 0.25) is 0 Å². The summed E-state index contributed by atoms with van der Waals surface area (Å²) >= 11 is 0. The lowest BCUT2D eigenvalue weighted by Gasteiger charge is -2.33. The van der Waals surface area contributed by atoms with Gasteiger partial charge in [0.05, 0.1) is 11.4 Å². The van der Waals surface area contributed by atoms with Gasteiger partial charge in [0.2, 0.25) is 0 Å². The average Bonchev–Trinajstić information content (AvgIpc) is 2.78. The number of aromatic nitrogens is 2. The second kappa shape index (κ2) is 8.98. The lowest BCUT2D eigenvalue weighted by molar-refractivity contribution is -0.134. The highest BCUT2D eigenvalue weighted by Gasteiger charge is 2.28. The highest BCUT2D eigenvalue weighted by Crippen LogP contribution is 2.32. The van der Waals surface area contributed by atoms with Gasteiger partial charge in [0.15, 0.2) is 6.61 Å². The lowest BCUT2D eigenvalue weighted by atomic mass is 9.91.